The van der Waals surface area contributed by atoms with Gasteiger partial charge in [0.1, 0.15) is 5.75 Å². The van der Waals surface area contributed by atoms with Gasteiger partial charge in [-0.25, -0.2) is 0 Å². The Morgan fingerprint density at radius 3 is 2.62 bits per heavy atom. The van der Waals surface area contributed by atoms with Crippen LogP contribution < -0.4 is 10.1 Å². The number of aromatic nitrogens is 1. The molecule has 0 aliphatic heterocycles. The summed E-state index contributed by atoms with van der Waals surface area (Å²) in [6.45, 7) is 0.517. The van der Waals surface area contributed by atoms with E-state index in [2.05, 4.69) is 10.3 Å². The zero-order valence-electron chi connectivity index (χ0n) is 12.8. The number of carbonyl (C=O) groups is 1. The van der Waals surface area contributed by atoms with Crippen molar-refractivity contribution in [1.82, 2.24) is 10.3 Å². The van der Waals surface area contributed by atoms with Crippen LogP contribution in [0.4, 0.5) is 0 Å². The van der Waals surface area contributed by atoms with Crippen molar-refractivity contribution in [2.75, 3.05) is 13.2 Å². The normalized spacial score (nSPS) is 10.8. The van der Waals surface area contributed by atoms with Gasteiger partial charge in [-0.2, -0.15) is 0 Å². The Hall–Kier alpha value is -2.17. The van der Waals surface area contributed by atoms with E-state index in [-0.39, 0.29) is 12.5 Å². The number of nitrogens with one attached hydrogen (secondary N) is 2. The van der Waals surface area contributed by atoms with Crippen LogP contribution >= 0.6 is 23.2 Å². The van der Waals surface area contributed by atoms with Gasteiger partial charge in [0.2, 0.25) is 0 Å². The van der Waals surface area contributed by atoms with Gasteiger partial charge in [0.15, 0.2) is 6.61 Å². The fraction of sp³-hybridized carbons (Fsp3) is 0.167. The molecule has 2 N–H and O–H groups in total. The maximum atomic E-state index is 11.8. The van der Waals surface area contributed by atoms with Crippen LogP contribution in [0, 0.1) is 0 Å². The fourth-order valence-electron chi connectivity index (χ4n) is 2.43. The van der Waals surface area contributed by atoms with Crippen molar-refractivity contribution in [2.24, 2.45) is 0 Å². The van der Waals surface area contributed by atoms with Gasteiger partial charge in [0.25, 0.3) is 5.91 Å². The first kappa shape index (κ1) is 16.7. The lowest BCUT2D eigenvalue weighted by molar-refractivity contribution is -0.123. The summed E-state index contributed by atoms with van der Waals surface area (Å²) in [6.07, 6.45) is 2.67. The first-order valence-electron chi connectivity index (χ1n) is 7.52. The zero-order chi connectivity index (χ0) is 16.9. The third-order valence-electron chi connectivity index (χ3n) is 3.63. The number of carbonyl (C=O) groups excluding carboxylic acids is 1. The molecular weight excluding hydrogens is 347 g/mol. The van der Waals surface area contributed by atoms with Crippen molar-refractivity contribution in [3.05, 3.63) is 64.3 Å². The second-order valence-corrected chi connectivity index (χ2v) is 6.22. The first-order valence-corrected chi connectivity index (χ1v) is 8.28. The minimum absolute atomic E-state index is 0.0227. The minimum atomic E-state index is -0.159. The van der Waals surface area contributed by atoms with Gasteiger partial charge in [-0.15, -0.1) is 0 Å². The Balaban J connectivity index is 1.47. The smallest absolute Gasteiger partial charge is 0.257 e. The lowest BCUT2D eigenvalue weighted by atomic mass is 10.1. The second kappa shape index (κ2) is 7.60. The molecule has 2 aromatic carbocycles. The lowest BCUT2D eigenvalue weighted by Gasteiger charge is -2.07. The Labute approximate surface area is 149 Å². The molecule has 1 aromatic heterocycles. The number of halogens is 2. The second-order valence-electron chi connectivity index (χ2n) is 5.35. The van der Waals surface area contributed by atoms with Crippen LogP contribution in [-0.2, 0) is 11.2 Å². The average Bonchev–Trinajstić information content (AvgIpc) is 2.96. The van der Waals surface area contributed by atoms with Crippen molar-refractivity contribution >= 4 is 40.0 Å². The zero-order valence-corrected chi connectivity index (χ0v) is 14.3. The highest BCUT2D eigenvalue weighted by atomic mass is 35.5. The maximum absolute atomic E-state index is 11.8. The van der Waals surface area contributed by atoms with E-state index >= 15 is 0 Å². The molecule has 0 aliphatic carbocycles. The van der Waals surface area contributed by atoms with Crippen molar-refractivity contribution in [3.8, 4) is 5.75 Å². The fourth-order valence-corrected chi connectivity index (χ4v) is 2.73. The van der Waals surface area contributed by atoms with E-state index in [1.807, 2.05) is 24.4 Å². The summed E-state index contributed by atoms with van der Waals surface area (Å²) in [4.78, 5) is 15.0. The van der Waals surface area contributed by atoms with Gasteiger partial charge in [0, 0.05) is 33.7 Å². The molecule has 0 radical (unpaired) electrons. The molecular formula is C18H16Cl2N2O2. The van der Waals surface area contributed by atoms with Crippen LogP contribution in [0.15, 0.2) is 48.7 Å². The average molecular weight is 363 g/mol. The summed E-state index contributed by atoms with van der Waals surface area (Å²) in [5.41, 5.74) is 2.13. The van der Waals surface area contributed by atoms with Gasteiger partial charge in [-0.1, -0.05) is 29.3 Å². The molecule has 0 saturated heterocycles. The number of ether oxygens (including phenoxy) is 1. The van der Waals surface area contributed by atoms with Gasteiger partial charge in [-0.3, -0.25) is 4.79 Å². The van der Waals surface area contributed by atoms with Crippen LogP contribution in [0.5, 0.6) is 5.75 Å². The molecule has 0 saturated carbocycles. The topological polar surface area (TPSA) is 54.1 Å². The number of benzene rings is 2. The van der Waals surface area contributed by atoms with E-state index < -0.39 is 0 Å². The third kappa shape index (κ3) is 4.22. The molecule has 1 amide bonds. The molecule has 6 heteroatoms. The van der Waals surface area contributed by atoms with Gasteiger partial charge in [-0.05, 0) is 48.4 Å². The molecule has 0 atom stereocenters. The number of hydrogen-bond donors (Lipinski definition) is 2. The SMILES string of the molecule is O=C(COc1ccc(Cl)cc1)NCCc1c[nH]c2cc(Cl)ccc12. The Bertz CT molecular complexity index is 844. The largest absolute Gasteiger partial charge is 0.484 e. The summed E-state index contributed by atoms with van der Waals surface area (Å²) >= 11 is 11.8. The van der Waals surface area contributed by atoms with Gasteiger partial charge >= 0.3 is 0 Å². The van der Waals surface area contributed by atoms with Gasteiger partial charge in [0.05, 0.1) is 0 Å². The van der Waals surface area contributed by atoms with E-state index in [0.717, 1.165) is 22.9 Å². The molecule has 0 fully saturated rings. The summed E-state index contributed by atoms with van der Waals surface area (Å²) in [6, 6.07) is 12.6. The van der Waals surface area contributed by atoms with Crippen LogP contribution in [0.2, 0.25) is 10.0 Å². The van der Waals surface area contributed by atoms with Gasteiger partial charge < -0.3 is 15.0 Å². The number of fused-ring (bicyclic) bond motifs is 1. The summed E-state index contributed by atoms with van der Waals surface area (Å²) in [7, 11) is 0. The van der Waals surface area contributed by atoms with Crippen molar-refractivity contribution < 1.29 is 9.53 Å². The highest BCUT2D eigenvalue weighted by molar-refractivity contribution is 6.31. The molecule has 0 spiro atoms. The Morgan fingerprint density at radius 2 is 1.83 bits per heavy atom. The minimum Gasteiger partial charge on any atom is -0.484 e. The van der Waals surface area contributed by atoms with Crippen LogP contribution in [-0.4, -0.2) is 24.0 Å². The first-order chi connectivity index (χ1) is 11.6. The Kier molecular flexibility index (Phi) is 5.28. The number of aromatic amines is 1. The summed E-state index contributed by atoms with van der Waals surface area (Å²) in [5, 5.41) is 5.29. The molecule has 3 rings (SSSR count). The van der Waals surface area contributed by atoms with Crippen LogP contribution in [0.25, 0.3) is 10.9 Å². The highest BCUT2D eigenvalue weighted by Crippen LogP contribution is 2.22. The quantitative estimate of drug-likeness (QED) is 0.689. The Morgan fingerprint density at radius 1 is 1.08 bits per heavy atom. The maximum Gasteiger partial charge on any atom is 0.257 e. The molecule has 0 bridgehead atoms. The molecule has 124 valence electrons. The van der Waals surface area contributed by atoms with Crippen molar-refractivity contribution in [1.29, 1.82) is 0 Å². The predicted octanol–water partition coefficient (Wildman–Crippen LogP) is 4.21. The van der Waals surface area contributed by atoms with E-state index in [1.165, 1.54) is 0 Å². The number of amides is 1. The number of H-pyrrole nitrogens is 1. The highest BCUT2D eigenvalue weighted by Gasteiger charge is 2.06. The van der Waals surface area contributed by atoms with Crippen LogP contribution in [0.1, 0.15) is 5.56 Å². The van der Waals surface area contributed by atoms with Crippen molar-refractivity contribution in [3.63, 3.8) is 0 Å². The third-order valence-corrected chi connectivity index (χ3v) is 4.12. The van der Waals surface area contributed by atoms with Crippen molar-refractivity contribution in [2.45, 2.75) is 6.42 Å². The molecule has 3 aromatic rings. The monoisotopic (exact) mass is 362 g/mol. The summed E-state index contributed by atoms with van der Waals surface area (Å²) in [5.74, 6) is 0.455. The van der Waals surface area contributed by atoms with E-state index in [4.69, 9.17) is 27.9 Å². The number of rotatable bonds is 6. The van der Waals surface area contributed by atoms with E-state index in [1.54, 1.807) is 24.3 Å². The molecule has 0 unspecified atom stereocenters. The number of hydrogen-bond acceptors (Lipinski definition) is 2. The standard InChI is InChI=1S/C18H16Cl2N2O2/c19-13-1-4-15(5-2-13)24-11-18(23)21-8-7-12-10-22-17-9-14(20)3-6-16(12)17/h1-6,9-10,22H,7-8,11H2,(H,21,23). The van der Waals surface area contributed by atoms with E-state index in [9.17, 15) is 4.79 Å². The lowest BCUT2D eigenvalue weighted by Crippen LogP contribution is -2.30. The van der Waals surface area contributed by atoms with E-state index in [0.29, 0.717) is 22.3 Å². The molecule has 1 heterocycles. The molecule has 4 nitrogen and oxygen atoms in total. The predicted molar refractivity (Wildman–Crippen MR) is 97.0 cm³/mol. The molecule has 24 heavy (non-hydrogen) atoms. The molecule has 0 aliphatic rings. The summed E-state index contributed by atoms with van der Waals surface area (Å²) < 4.78 is 5.40. The van der Waals surface area contributed by atoms with Crippen LogP contribution in [0.3, 0.4) is 0 Å².